The van der Waals surface area contributed by atoms with Crippen molar-refractivity contribution in [2.24, 2.45) is 0 Å². The molecule has 1 unspecified atom stereocenters. The van der Waals surface area contributed by atoms with Crippen LogP contribution in [0.25, 0.3) is 0 Å². The average Bonchev–Trinajstić information content (AvgIpc) is 1.80. The van der Waals surface area contributed by atoms with E-state index in [1.165, 1.54) is 0 Å². The second-order valence-electron chi connectivity index (χ2n) is 1.46. The molecule has 0 aromatic heterocycles. The fourth-order valence-corrected chi connectivity index (χ4v) is 0.804. The smallest absolute Gasteiger partial charge is 0.154 e. The summed E-state index contributed by atoms with van der Waals surface area (Å²) in [7, 11) is 0. The standard InChI is InChI=1S/C4H10ClNO2S/c5-1-2-6-3-4-9(7)8/h6H,1-4H2,(H,7,8). The van der Waals surface area contributed by atoms with Crippen LogP contribution >= 0.6 is 11.6 Å². The minimum Gasteiger partial charge on any atom is -0.315 e. The highest BCUT2D eigenvalue weighted by Gasteiger charge is 1.90. The van der Waals surface area contributed by atoms with Crippen molar-refractivity contribution in [1.82, 2.24) is 5.32 Å². The molecule has 1 atom stereocenters. The predicted molar refractivity (Wildman–Crippen MR) is 39.2 cm³/mol. The lowest BCUT2D eigenvalue weighted by Crippen LogP contribution is -2.22. The normalized spacial score (nSPS) is 13.6. The molecule has 0 spiro atoms. The molecule has 0 aliphatic heterocycles. The quantitative estimate of drug-likeness (QED) is 0.349. The number of rotatable bonds is 5. The zero-order valence-electron chi connectivity index (χ0n) is 4.97. The zero-order chi connectivity index (χ0) is 7.11. The molecule has 0 fully saturated rings. The van der Waals surface area contributed by atoms with Crippen molar-refractivity contribution in [3.05, 3.63) is 0 Å². The minimum atomic E-state index is -1.67. The molecule has 0 aromatic rings. The predicted octanol–water partition coefficient (Wildman–Crippen LogP) is 0.0365. The summed E-state index contributed by atoms with van der Waals surface area (Å²) >= 11 is 3.64. The lowest BCUT2D eigenvalue weighted by molar-refractivity contribution is 0.561. The molecule has 0 aliphatic carbocycles. The van der Waals surface area contributed by atoms with Gasteiger partial charge in [-0.3, -0.25) is 0 Å². The molecular weight excluding hydrogens is 162 g/mol. The highest BCUT2D eigenvalue weighted by atomic mass is 35.5. The summed E-state index contributed by atoms with van der Waals surface area (Å²) in [6, 6.07) is 0. The van der Waals surface area contributed by atoms with E-state index in [-0.39, 0.29) is 5.75 Å². The second kappa shape index (κ2) is 6.48. The molecule has 2 N–H and O–H groups in total. The third-order valence-corrected chi connectivity index (χ3v) is 1.47. The van der Waals surface area contributed by atoms with Gasteiger partial charge >= 0.3 is 0 Å². The first kappa shape index (κ1) is 9.36. The van der Waals surface area contributed by atoms with Crippen molar-refractivity contribution in [2.45, 2.75) is 0 Å². The van der Waals surface area contributed by atoms with E-state index in [1.807, 2.05) is 0 Å². The van der Waals surface area contributed by atoms with Crippen LogP contribution in [0.4, 0.5) is 0 Å². The summed E-state index contributed by atoms with van der Waals surface area (Å²) < 4.78 is 18.3. The van der Waals surface area contributed by atoms with Crippen molar-refractivity contribution in [2.75, 3.05) is 24.7 Å². The lowest BCUT2D eigenvalue weighted by atomic mass is 10.7. The van der Waals surface area contributed by atoms with Crippen LogP contribution in [0.1, 0.15) is 0 Å². The summed E-state index contributed by atoms with van der Waals surface area (Å²) in [6.07, 6.45) is 0. The molecule has 0 aliphatic rings. The van der Waals surface area contributed by atoms with E-state index in [9.17, 15) is 4.21 Å². The lowest BCUT2D eigenvalue weighted by Gasteiger charge is -1.96. The van der Waals surface area contributed by atoms with Crippen LogP contribution in [0.3, 0.4) is 0 Å². The first-order valence-corrected chi connectivity index (χ1v) is 4.42. The van der Waals surface area contributed by atoms with E-state index in [0.717, 1.165) is 0 Å². The van der Waals surface area contributed by atoms with Gasteiger partial charge in [0.05, 0.1) is 5.75 Å². The van der Waals surface area contributed by atoms with Crippen molar-refractivity contribution < 1.29 is 8.76 Å². The molecule has 0 saturated heterocycles. The Morgan fingerprint density at radius 1 is 1.56 bits per heavy atom. The number of halogens is 1. The van der Waals surface area contributed by atoms with Gasteiger partial charge in [-0.25, -0.2) is 4.21 Å². The Morgan fingerprint density at radius 2 is 2.22 bits per heavy atom. The van der Waals surface area contributed by atoms with Crippen molar-refractivity contribution in [3.63, 3.8) is 0 Å². The van der Waals surface area contributed by atoms with Crippen LogP contribution in [-0.2, 0) is 11.1 Å². The Kier molecular flexibility index (Phi) is 6.74. The molecule has 0 amide bonds. The van der Waals surface area contributed by atoms with Gasteiger partial charge in [0.1, 0.15) is 0 Å². The summed E-state index contributed by atoms with van der Waals surface area (Å²) in [5.74, 6) is 0.814. The van der Waals surface area contributed by atoms with E-state index in [0.29, 0.717) is 19.0 Å². The van der Waals surface area contributed by atoms with Crippen LogP contribution in [0.2, 0.25) is 0 Å². The Hall–Kier alpha value is 0.360. The largest absolute Gasteiger partial charge is 0.315 e. The number of nitrogens with one attached hydrogen (secondary N) is 1. The second-order valence-corrected chi connectivity index (χ2v) is 2.89. The molecular formula is C4H10ClNO2S. The number of hydrogen-bond acceptors (Lipinski definition) is 2. The molecule has 5 heteroatoms. The third-order valence-electron chi connectivity index (χ3n) is 0.725. The van der Waals surface area contributed by atoms with E-state index in [2.05, 4.69) is 5.32 Å². The van der Waals surface area contributed by atoms with Crippen molar-refractivity contribution in [3.8, 4) is 0 Å². The van der Waals surface area contributed by atoms with Gasteiger partial charge in [-0.05, 0) is 0 Å². The van der Waals surface area contributed by atoms with Crippen molar-refractivity contribution >= 4 is 22.7 Å². The number of alkyl halides is 1. The van der Waals surface area contributed by atoms with Gasteiger partial charge in [-0.2, -0.15) is 0 Å². The van der Waals surface area contributed by atoms with Crippen LogP contribution in [0.15, 0.2) is 0 Å². The maximum Gasteiger partial charge on any atom is 0.154 e. The highest BCUT2D eigenvalue weighted by molar-refractivity contribution is 7.79. The summed E-state index contributed by atoms with van der Waals surface area (Å²) in [4.78, 5) is 0. The fraction of sp³-hybridized carbons (Fsp3) is 1.00. The molecule has 9 heavy (non-hydrogen) atoms. The monoisotopic (exact) mass is 171 g/mol. The van der Waals surface area contributed by atoms with Crippen LogP contribution in [0, 0.1) is 0 Å². The van der Waals surface area contributed by atoms with Gasteiger partial charge in [-0.1, -0.05) is 0 Å². The van der Waals surface area contributed by atoms with Crippen molar-refractivity contribution in [1.29, 1.82) is 0 Å². The molecule has 0 bridgehead atoms. The fourth-order valence-electron chi connectivity index (χ4n) is 0.351. The maximum absolute atomic E-state index is 10.0. The van der Waals surface area contributed by atoms with Gasteiger partial charge in [0.25, 0.3) is 0 Å². The van der Waals surface area contributed by atoms with Gasteiger partial charge in [0, 0.05) is 19.0 Å². The summed E-state index contributed by atoms with van der Waals surface area (Å²) in [5, 5.41) is 2.88. The first-order valence-electron chi connectivity index (χ1n) is 2.61. The van der Waals surface area contributed by atoms with Gasteiger partial charge in [0.15, 0.2) is 11.1 Å². The SMILES string of the molecule is O=S(O)CCNCCCl. The molecule has 0 aromatic carbocycles. The summed E-state index contributed by atoms with van der Waals surface area (Å²) in [6.45, 7) is 1.24. The van der Waals surface area contributed by atoms with E-state index in [4.69, 9.17) is 16.2 Å². The third kappa shape index (κ3) is 8.36. The molecule has 0 rings (SSSR count). The number of hydrogen-bond donors (Lipinski definition) is 2. The maximum atomic E-state index is 10.0. The van der Waals surface area contributed by atoms with Gasteiger partial charge < -0.3 is 9.87 Å². The van der Waals surface area contributed by atoms with Crippen LogP contribution in [0.5, 0.6) is 0 Å². The zero-order valence-corrected chi connectivity index (χ0v) is 6.54. The van der Waals surface area contributed by atoms with Crippen LogP contribution in [-0.4, -0.2) is 33.5 Å². The van der Waals surface area contributed by atoms with Crippen LogP contribution < -0.4 is 5.32 Å². The Bertz CT molecular complexity index is 90.6. The van der Waals surface area contributed by atoms with E-state index in [1.54, 1.807) is 0 Å². The first-order chi connectivity index (χ1) is 4.27. The Labute approximate surface area is 62.1 Å². The summed E-state index contributed by atoms with van der Waals surface area (Å²) in [5.41, 5.74) is 0. The minimum absolute atomic E-state index is 0.275. The van der Waals surface area contributed by atoms with Gasteiger partial charge in [-0.15, -0.1) is 11.6 Å². The Balaban J connectivity index is 2.83. The topological polar surface area (TPSA) is 49.3 Å². The molecule has 3 nitrogen and oxygen atoms in total. The molecule has 0 radical (unpaired) electrons. The van der Waals surface area contributed by atoms with E-state index < -0.39 is 11.1 Å². The Morgan fingerprint density at radius 3 is 2.67 bits per heavy atom. The van der Waals surface area contributed by atoms with E-state index >= 15 is 0 Å². The average molecular weight is 172 g/mol. The van der Waals surface area contributed by atoms with Gasteiger partial charge in [0.2, 0.25) is 0 Å². The molecule has 0 saturated carbocycles. The molecule has 56 valence electrons. The molecule has 0 heterocycles. The highest BCUT2D eigenvalue weighted by Crippen LogP contribution is 1.72.